The molecular weight excluding hydrogens is 104 g/mol. The lowest BCUT2D eigenvalue weighted by atomic mass is 10.1. The van der Waals surface area contributed by atoms with Gasteiger partial charge in [-0.25, -0.2) is 0 Å². The van der Waals surface area contributed by atoms with E-state index in [1.807, 2.05) is 0 Å². The Hall–Kier alpha value is 0.350. The number of hydrogen-bond donors (Lipinski definition) is 1. The average molecular weight is 116 g/mol. The van der Waals surface area contributed by atoms with E-state index < -0.39 is 0 Å². The second-order valence-corrected chi connectivity index (χ2v) is 3.23. The fraction of sp³-hybridized carbons (Fsp3) is 1.00. The van der Waals surface area contributed by atoms with Gasteiger partial charge < -0.3 is 0 Å². The lowest BCUT2D eigenvalue weighted by Gasteiger charge is -2.00. The average Bonchev–Trinajstić information content (AvgIpc) is 2.22. The quantitative estimate of drug-likeness (QED) is 0.525. The van der Waals surface area contributed by atoms with Crippen LogP contribution in [0.2, 0.25) is 0 Å². The highest BCUT2D eigenvalue weighted by atomic mass is 32.1. The summed E-state index contributed by atoms with van der Waals surface area (Å²) in [4.78, 5) is 0. The molecule has 0 nitrogen and oxygen atoms in total. The van der Waals surface area contributed by atoms with Crippen LogP contribution in [0.25, 0.3) is 0 Å². The van der Waals surface area contributed by atoms with Crippen molar-refractivity contribution in [1.29, 1.82) is 0 Å². The van der Waals surface area contributed by atoms with Crippen LogP contribution in [0.1, 0.15) is 26.2 Å². The molecule has 42 valence electrons. The maximum Gasteiger partial charge on any atom is -0.00927 e. The molecule has 0 aromatic carbocycles. The fourth-order valence-electron chi connectivity index (χ4n) is 0.733. The second-order valence-electron chi connectivity index (χ2n) is 2.78. The maximum absolute atomic E-state index is 4.15. The molecule has 0 atom stereocenters. The van der Waals surface area contributed by atoms with Gasteiger partial charge in [0.15, 0.2) is 0 Å². The Kier molecular flexibility index (Phi) is 1.33. The summed E-state index contributed by atoms with van der Waals surface area (Å²) >= 11 is 4.15. The first-order valence-electron chi connectivity index (χ1n) is 2.88. The molecule has 0 unspecified atom stereocenters. The molecule has 0 aromatic rings. The third-order valence-electron chi connectivity index (χ3n) is 1.82. The molecule has 0 radical (unpaired) electrons. The van der Waals surface area contributed by atoms with Crippen molar-refractivity contribution in [3.63, 3.8) is 0 Å². The second kappa shape index (κ2) is 1.70. The summed E-state index contributed by atoms with van der Waals surface area (Å²) in [6.45, 7) is 2.34. The van der Waals surface area contributed by atoms with Gasteiger partial charge in [-0.1, -0.05) is 6.92 Å². The molecule has 0 amide bonds. The summed E-state index contributed by atoms with van der Waals surface area (Å²) in [5.74, 6) is 1.07. The first-order chi connectivity index (χ1) is 3.27. The first-order valence-corrected chi connectivity index (χ1v) is 3.51. The maximum atomic E-state index is 4.15. The van der Waals surface area contributed by atoms with Gasteiger partial charge >= 0.3 is 0 Å². The lowest BCUT2D eigenvalue weighted by molar-refractivity contribution is 0.557. The minimum atomic E-state index is 0.724. The van der Waals surface area contributed by atoms with Crippen molar-refractivity contribution < 1.29 is 0 Å². The highest BCUT2D eigenvalue weighted by Gasteiger charge is 2.35. The van der Waals surface area contributed by atoms with E-state index in [4.69, 9.17) is 0 Å². The Morgan fingerprint density at radius 3 is 2.29 bits per heavy atom. The first kappa shape index (κ1) is 5.49. The largest absolute Gasteiger partial charge is 0.179 e. The van der Waals surface area contributed by atoms with Crippen molar-refractivity contribution in [2.75, 3.05) is 5.75 Å². The zero-order valence-electron chi connectivity index (χ0n) is 4.78. The van der Waals surface area contributed by atoms with Crippen LogP contribution >= 0.6 is 12.6 Å². The van der Waals surface area contributed by atoms with Crippen LogP contribution in [0, 0.1) is 5.41 Å². The number of thiol groups is 1. The predicted octanol–water partition coefficient (Wildman–Crippen LogP) is 2.11. The van der Waals surface area contributed by atoms with Crippen molar-refractivity contribution in [2.24, 2.45) is 5.41 Å². The van der Waals surface area contributed by atoms with Crippen LogP contribution in [0.5, 0.6) is 0 Å². The molecule has 7 heavy (non-hydrogen) atoms. The third kappa shape index (κ3) is 1.37. The van der Waals surface area contributed by atoms with Crippen molar-refractivity contribution in [1.82, 2.24) is 0 Å². The molecule has 1 aliphatic rings. The van der Waals surface area contributed by atoms with Gasteiger partial charge in [-0.15, -0.1) is 0 Å². The van der Waals surface area contributed by atoms with E-state index in [0.29, 0.717) is 0 Å². The Morgan fingerprint density at radius 2 is 2.14 bits per heavy atom. The Morgan fingerprint density at radius 1 is 1.57 bits per heavy atom. The molecule has 0 aromatic heterocycles. The van der Waals surface area contributed by atoms with Crippen LogP contribution in [-0.2, 0) is 0 Å². The van der Waals surface area contributed by atoms with Gasteiger partial charge in [-0.2, -0.15) is 12.6 Å². The molecule has 0 N–H and O–H groups in total. The SMILES string of the molecule is CC1(CCS)CC1. The minimum Gasteiger partial charge on any atom is -0.179 e. The monoisotopic (exact) mass is 116 g/mol. The third-order valence-corrected chi connectivity index (χ3v) is 2.04. The minimum absolute atomic E-state index is 0.724. The van der Waals surface area contributed by atoms with Crippen molar-refractivity contribution in [2.45, 2.75) is 26.2 Å². The van der Waals surface area contributed by atoms with Crippen LogP contribution in [0.15, 0.2) is 0 Å². The van der Waals surface area contributed by atoms with E-state index in [2.05, 4.69) is 19.6 Å². The van der Waals surface area contributed by atoms with E-state index in [1.54, 1.807) is 0 Å². The topological polar surface area (TPSA) is 0 Å². The molecule has 0 heterocycles. The molecule has 0 spiro atoms. The Labute approximate surface area is 50.7 Å². The van der Waals surface area contributed by atoms with Crippen LogP contribution in [-0.4, -0.2) is 5.75 Å². The predicted molar refractivity (Wildman–Crippen MR) is 35.8 cm³/mol. The van der Waals surface area contributed by atoms with Gasteiger partial charge in [0.05, 0.1) is 0 Å². The van der Waals surface area contributed by atoms with Gasteiger partial charge in [0.25, 0.3) is 0 Å². The van der Waals surface area contributed by atoms with Crippen molar-refractivity contribution >= 4 is 12.6 Å². The molecule has 0 aliphatic heterocycles. The van der Waals surface area contributed by atoms with Gasteiger partial charge in [0.1, 0.15) is 0 Å². The molecule has 1 aliphatic carbocycles. The molecule has 0 saturated heterocycles. The zero-order chi connectivity index (χ0) is 5.33. The van der Waals surface area contributed by atoms with Crippen LogP contribution in [0.4, 0.5) is 0 Å². The number of rotatable bonds is 2. The van der Waals surface area contributed by atoms with Gasteiger partial charge in [-0.05, 0) is 30.4 Å². The summed E-state index contributed by atoms with van der Waals surface area (Å²) < 4.78 is 0. The van der Waals surface area contributed by atoms with Crippen LogP contribution in [0.3, 0.4) is 0 Å². The van der Waals surface area contributed by atoms with Gasteiger partial charge in [0, 0.05) is 0 Å². The van der Waals surface area contributed by atoms with E-state index >= 15 is 0 Å². The molecule has 1 fully saturated rings. The summed E-state index contributed by atoms with van der Waals surface area (Å²) in [6.07, 6.45) is 4.19. The lowest BCUT2D eigenvalue weighted by Crippen LogP contribution is -1.91. The van der Waals surface area contributed by atoms with Gasteiger partial charge in [0.2, 0.25) is 0 Å². The van der Waals surface area contributed by atoms with Gasteiger partial charge in [-0.3, -0.25) is 0 Å². The van der Waals surface area contributed by atoms with Crippen molar-refractivity contribution in [3.05, 3.63) is 0 Å². The highest BCUT2D eigenvalue weighted by molar-refractivity contribution is 7.80. The Bertz CT molecular complexity index is 64.6. The highest BCUT2D eigenvalue weighted by Crippen LogP contribution is 2.47. The zero-order valence-corrected chi connectivity index (χ0v) is 5.67. The summed E-state index contributed by atoms with van der Waals surface area (Å²) in [7, 11) is 0. The van der Waals surface area contributed by atoms with Crippen molar-refractivity contribution in [3.8, 4) is 0 Å². The summed E-state index contributed by atoms with van der Waals surface area (Å²) in [5.41, 5.74) is 0.724. The summed E-state index contributed by atoms with van der Waals surface area (Å²) in [6, 6.07) is 0. The standard InChI is InChI=1S/C6H12S/c1-6(2-3-6)4-5-7/h7H,2-5H2,1H3. The van der Waals surface area contributed by atoms with E-state index in [9.17, 15) is 0 Å². The molecule has 1 rings (SSSR count). The molecule has 0 bridgehead atoms. The normalized spacial score (nSPS) is 24.9. The van der Waals surface area contributed by atoms with E-state index in [1.165, 1.54) is 19.3 Å². The Balaban J connectivity index is 2.13. The fourth-order valence-corrected chi connectivity index (χ4v) is 1.27. The molecule has 1 heteroatoms. The smallest absolute Gasteiger partial charge is 0.00927 e. The number of hydrogen-bond acceptors (Lipinski definition) is 1. The van der Waals surface area contributed by atoms with E-state index in [-0.39, 0.29) is 0 Å². The summed E-state index contributed by atoms with van der Waals surface area (Å²) in [5, 5.41) is 0. The van der Waals surface area contributed by atoms with Crippen LogP contribution < -0.4 is 0 Å². The molecular formula is C6H12S. The van der Waals surface area contributed by atoms with E-state index in [0.717, 1.165) is 11.2 Å². The molecule has 1 saturated carbocycles.